The summed E-state index contributed by atoms with van der Waals surface area (Å²) in [6.45, 7) is 3.79. The van der Waals surface area contributed by atoms with Crippen molar-refractivity contribution in [3.8, 4) is 5.75 Å². The minimum atomic E-state index is -0.607. The third-order valence-electron chi connectivity index (χ3n) is 6.60. The number of nitrogens with one attached hydrogen (secondary N) is 1. The van der Waals surface area contributed by atoms with E-state index < -0.39 is 11.8 Å². The number of hydrogen-bond donors (Lipinski definition) is 1. The van der Waals surface area contributed by atoms with Crippen molar-refractivity contribution in [3.05, 3.63) is 48.2 Å². The highest BCUT2D eigenvalue weighted by Gasteiger charge is 2.44. The maximum atomic E-state index is 12.7. The van der Waals surface area contributed by atoms with Crippen LogP contribution in [0.15, 0.2) is 42.6 Å². The molecule has 0 atom stereocenters. The Morgan fingerprint density at radius 3 is 2.50 bits per heavy atom. The molecule has 0 unspecified atom stereocenters. The van der Waals surface area contributed by atoms with E-state index in [4.69, 9.17) is 4.74 Å². The number of likely N-dealkylation sites (tertiary alicyclic amines) is 1. The van der Waals surface area contributed by atoms with Crippen molar-refractivity contribution >= 4 is 23.3 Å². The number of amides is 2. The number of hydrogen-bond acceptors (Lipinski definition) is 5. The van der Waals surface area contributed by atoms with Crippen LogP contribution < -0.4 is 15.0 Å². The molecule has 2 fully saturated rings. The Hall–Kier alpha value is -3.09. The van der Waals surface area contributed by atoms with Crippen molar-refractivity contribution in [1.29, 1.82) is 0 Å². The number of aromatic nitrogens is 1. The van der Waals surface area contributed by atoms with E-state index in [0.717, 1.165) is 37.5 Å². The zero-order chi connectivity index (χ0) is 20.6. The van der Waals surface area contributed by atoms with Crippen LogP contribution in [0.4, 0.5) is 11.5 Å². The molecule has 1 aromatic heterocycles. The van der Waals surface area contributed by atoms with Crippen LogP contribution in [-0.2, 0) is 15.0 Å². The van der Waals surface area contributed by atoms with Crippen LogP contribution in [0.1, 0.15) is 31.2 Å². The molecule has 1 spiro atoms. The minimum Gasteiger partial charge on any atom is -0.492 e. The van der Waals surface area contributed by atoms with E-state index >= 15 is 0 Å². The third kappa shape index (κ3) is 3.38. The molecule has 2 saturated heterocycles. The van der Waals surface area contributed by atoms with E-state index in [0.29, 0.717) is 25.4 Å². The van der Waals surface area contributed by atoms with Gasteiger partial charge in [-0.25, -0.2) is 4.98 Å². The number of piperidine rings is 1. The Bertz CT molecular complexity index is 945. The summed E-state index contributed by atoms with van der Waals surface area (Å²) < 4.78 is 5.87. The molecule has 2 amide bonds. The van der Waals surface area contributed by atoms with Crippen molar-refractivity contribution in [3.63, 3.8) is 0 Å². The summed E-state index contributed by atoms with van der Waals surface area (Å²) in [5.41, 5.74) is 1.73. The minimum absolute atomic E-state index is 0.0425. The molecule has 156 valence electrons. The lowest BCUT2D eigenvalue weighted by molar-refractivity contribution is -0.144. The van der Waals surface area contributed by atoms with Gasteiger partial charge in [0.1, 0.15) is 11.6 Å². The van der Waals surface area contributed by atoms with Gasteiger partial charge in [0.25, 0.3) is 0 Å². The van der Waals surface area contributed by atoms with E-state index in [1.165, 1.54) is 18.4 Å². The van der Waals surface area contributed by atoms with Crippen molar-refractivity contribution in [2.24, 2.45) is 0 Å². The molecule has 2 aromatic rings. The summed E-state index contributed by atoms with van der Waals surface area (Å²) in [7, 11) is 0. The quantitative estimate of drug-likeness (QED) is 0.776. The molecule has 0 radical (unpaired) electrons. The van der Waals surface area contributed by atoms with E-state index in [1.807, 2.05) is 30.3 Å². The second-order valence-corrected chi connectivity index (χ2v) is 8.41. The molecular weight excluding hydrogens is 380 g/mol. The average molecular weight is 406 g/mol. The second kappa shape index (κ2) is 7.63. The molecule has 5 rings (SSSR count). The van der Waals surface area contributed by atoms with Gasteiger partial charge in [0.15, 0.2) is 0 Å². The summed E-state index contributed by atoms with van der Waals surface area (Å²) in [5, 5.41) is 2.70. The number of fused-ring (bicyclic) bond motifs is 2. The highest BCUT2D eigenvalue weighted by atomic mass is 16.5. The maximum absolute atomic E-state index is 12.7. The molecule has 7 nitrogen and oxygen atoms in total. The zero-order valence-corrected chi connectivity index (χ0v) is 17.0. The van der Waals surface area contributed by atoms with Crippen LogP contribution in [0.3, 0.4) is 0 Å². The third-order valence-corrected chi connectivity index (χ3v) is 6.60. The van der Waals surface area contributed by atoms with Crippen LogP contribution >= 0.6 is 0 Å². The summed E-state index contributed by atoms with van der Waals surface area (Å²) in [4.78, 5) is 33.5. The van der Waals surface area contributed by atoms with Crippen molar-refractivity contribution < 1.29 is 14.3 Å². The SMILES string of the molecule is O=C(Nc1ccc(N2CCCC2)nc1)C(=O)N1CCC2(CC1)COc1ccccc12. The summed E-state index contributed by atoms with van der Waals surface area (Å²) in [6.07, 6.45) is 5.59. The van der Waals surface area contributed by atoms with Gasteiger partial charge in [-0.3, -0.25) is 9.59 Å². The van der Waals surface area contributed by atoms with Gasteiger partial charge in [-0.2, -0.15) is 0 Å². The number of nitrogens with zero attached hydrogens (tertiary/aromatic N) is 3. The molecular formula is C23H26N4O3. The van der Waals surface area contributed by atoms with E-state index in [1.54, 1.807) is 11.1 Å². The topological polar surface area (TPSA) is 74.8 Å². The molecule has 3 aliphatic rings. The first-order valence-corrected chi connectivity index (χ1v) is 10.7. The maximum Gasteiger partial charge on any atom is 0.313 e. The first-order valence-electron chi connectivity index (χ1n) is 10.7. The lowest BCUT2D eigenvalue weighted by atomic mass is 9.74. The Labute approximate surface area is 176 Å². The van der Waals surface area contributed by atoms with E-state index in [2.05, 4.69) is 21.3 Å². The molecule has 7 heteroatoms. The first kappa shape index (κ1) is 18.9. The second-order valence-electron chi connectivity index (χ2n) is 8.41. The van der Waals surface area contributed by atoms with Gasteiger partial charge >= 0.3 is 11.8 Å². The van der Waals surface area contributed by atoms with Gasteiger partial charge in [-0.1, -0.05) is 18.2 Å². The van der Waals surface area contributed by atoms with Crippen molar-refractivity contribution in [2.45, 2.75) is 31.1 Å². The number of carbonyl (C=O) groups excluding carboxylic acids is 2. The van der Waals surface area contributed by atoms with Gasteiger partial charge in [-0.05, 0) is 43.9 Å². The number of pyridine rings is 1. The molecule has 0 saturated carbocycles. The smallest absolute Gasteiger partial charge is 0.313 e. The summed E-state index contributed by atoms with van der Waals surface area (Å²) in [6, 6.07) is 11.8. The number of rotatable bonds is 2. The fourth-order valence-electron chi connectivity index (χ4n) is 4.80. The van der Waals surface area contributed by atoms with Gasteiger partial charge in [-0.15, -0.1) is 0 Å². The zero-order valence-electron chi connectivity index (χ0n) is 17.0. The predicted octanol–water partition coefficient (Wildman–Crippen LogP) is 2.57. The van der Waals surface area contributed by atoms with Crippen molar-refractivity contribution in [1.82, 2.24) is 9.88 Å². The van der Waals surface area contributed by atoms with Gasteiger partial charge in [0.2, 0.25) is 0 Å². The Balaban J connectivity index is 1.18. The normalized spacial score (nSPS) is 19.5. The molecule has 1 N–H and O–H groups in total. The molecule has 3 aliphatic heterocycles. The molecule has 1 aromatic carbocycles. The number of carbonyl (C=O) groups is 2. The first-order chi connectivity index (χ1) is 14.6. The van der Waals surface area contributed by atoms with Crippen LogP contribution in [0, 0.1) is 0 Å². The average Bonchev–Trinajstić information content (AvgIpc) is 3.44. The fraction of sp³-hybridized carbons (Fsp3) is 0.435. The van der Waals surface area contributed by atoms with Gasteiger partial charge in [0.05, 0.1) is 18.5 Å². The van der Waals surface area contributed by atoms with Crippen LogP contribution in [-0.4, -0.2) is 54.5 Å². The molecule has 4 heterocycles. The van der Waals surface area contributed by atoms with Gasteiger partial charge < -0.3 is 19.9 Å². The lowest BCUT2D eigenvalue weighted by Gasteiger charge is -2.38. The molecule has 0 aliphatic carbocycles. The highest BCUT2D eigenvalue weighted by molar-refractivity contribution is 6.39. The van der Waals surface area contributed by atoms with Crippen LogP contribution in [0.5, 0.6) is 5.75 Å². The lowest BCUT2D eigenvalue weighted by Crippen LogP contribution is -2.49. The Morgan fingerprint density at radius 1 is 1.00 bits per heavy atom. The number of benzene rings is 1. The number of anilines is 2. The predicted molar refractivity (Wildman–Crippen MR) is 114 cm³/mol. The Morgan fingerprint density at radius 2 is 1.77 bits per heavy atom. The van der Waals surface area contributed by atoms with Crippen LogP contribution in [0.25, 0.3) is 0 Å². The van der Waals surface area contributed by atoms with E-state index in [-0.39, 0.29) is 5.41 Å². The monoisotopic (exact) mass is 406 g/mol. The van der Waals surface area contributed by atoms with Gasteiger partial charge in [0, 0.05) is 37.2 Å². The number of ether oxygens (including phenoxy) is 1. The Kier molecular flexibility index (Phi) is 4.81. The number of para-hydroxylation sites is 1. The van der Waals surface area contributed by atoms with Crippen LogP contribution in [0.2, 0.25) is 0 Å². The summed E-state index contributed by atoms with van der Waals surface area (Å²) in [5.74, 6) is 0.766. The summed E-state index contributed by atoms with van der Waals surface area (Å²) >= 11 is 0. The van der Waals surface area contributed by atoms with E-state index in [9.17, 15) is 9.59 Å². The molecule has 30 heavy (non-hydrogen) atoms. The molecule has 0 bridgehead atoms. The fourth-order valence-corrected chi connectivity index (χ4v) is 4.80. The van der Waals surface area contributed by atoms with Crippen molar-refractivity contribution in [2.75, 3.05) is 43.0 Å². The standard InChI is InChI=1S/C23H26N4O3/c28-21(25-17-7-8-20(24-15-17)26-11-3-4-12-26)22(29)27-13-9-23(10-14-27)16-30-19-6-2-1-5-18(19)23/h1-2,5-8,15H,3-4,9-14,16H2,(H,25,28). The largest absolute Gasteiger partial charge is 0.492 e. The highest BCUT2D eigenvalue weighted by Crippen LogP contribution is 2.45.